The Morgan fingerprint density at radius 1 is 1.20 bits per heavy atom. The normalized spacial score (nSPS) is 16.4. The highest BCUT2D eigenvalue weighted by molar-refractivity contribution is 5.85. The van der Waals surface area contributed by atoms with Crippen molar-refractivity contribution in [1.29, 1.82) is 0 Å². The highest BCUT2D eigenvalue weighted by Gasteiger charge is 2.30. The van der Waals surface area contributed by atoms with Gasteiger partial charge in [-0.05, 0) is 26.0 Å². The number of hydrogen-bond acceptors (Lipinski definition) is 3. The van der Waals surface area contributed by atoms with E-state index in [1.165, 1.54) is 6.07 Å². The summed E-state index contributed by atoms with van der Waals surface area (Å²) in [6, 6.07) is 3.39. The van der Waals surface area contributed by atoms with Crippen LogP contribution >= 0.6 is 0 Å². The molecule has 0 bridgehead atoms. The molecule has 6 heteroatoms. The molecule has 2 N–H and O–H groups in total. The van der Waals surface area contributed by atoms with Crippen molar-refractivity contribution in [2.75, 3.05) is 31.1 Å². The molecule has 2 rings (SSSR count). The Morgan fingerprint density at radius 3 is 2.35 bits per heavy atom. The first-order valence-corrected chi connectivity index (χ1v) is 6.57. The maximum Gasteiger partial charge on any atom is 0.242 e. The zero-order valence-electron chi connectivity index (χ0n) is 11.7. The summed E-state index contributed by atoms with van der Waals surface area (Å²) in [4.78, 5) is 15.4. The quantitative estimate of drug-likeness (QED) is 0.891. The number of anilines is 1. The second-order valence-electron chi connectivity index (χ2n) is 5.60. The number of nitrogens with zero attached hydrogens (tertiary/aromatic N) is 2. The lowest BCUT2D eigenvalue weighted by atomic mass is 10.0. The average Bonchev–Trinajstić information content (AvgIpc) is 2.40. The van der Waals surface area contributed by atoms with Gasteiger partial charge in [0.1, 0.15) is 11.6 Å². The van der Waals surface area contributed by atoms with Gasteiger partial charge in [-0.2, -0.15) is 0 Å². The van der Waals surface area contributed by atoms with Gasteiger partial charge in [0.15, 0.2) is 0 Å². The van der Waals surface area contributed by atoms with Crippen LogP contribution in [0.3, 0.4) is 0 Å². The maximum atomic E-state index is 13.7. The summed E-state index contributed by atoms with van der Waals surface area (Å²) >= 11 is 0. The van der Waals surface area contributed by atoms with Crippen LogP contribution in [-0.4, -0.2) is 42.5 Å². The van der Waals surface area contributed by atoms with Crippen molar-refractivity contribution in [3.63, 3.8) is 0 Å². The molecule has 1 fully saturated rings. The summed E-state index contributed by atoms with van der Waals surface area (Å²) in [5.74, 6) is -1.05. The number of carbonyl (C=O) groups is 1. The van der Waals surface area contributed by atoms with E-state index in [-0.39, 0.29) is 11.6 Å². The SMILES string of the molecule is CC(C)(N)C(=O)N1CCN(c2cc(F)ccc2F)CC1. The van der Waals surface area contributed by atoms with Crippen molar-refractivity contribution < 1.29 is 13.6 Å². The molecule has 1 aliphatic heterocycles. The predicted molar refractivity (Wildman–Crippen MR) is 73.4 cm³/mol. The fourth-order valence-corrected chi connectivity index (χ4v) is 2.29. The van der Waals surface area contributed by atoms with E-state index in [4.69, 9.17) is 5.73 Å². The van der Waals surface area contributed by atoms with Crippen LogP contribution in [-0.2, 0) is 4.79 Å². The fraction of sp³-hybridized carbons (Fsp3) is 0.500. The Hall–Kier alpha value is -1.69. The maximum absolute atomic E-state index is 13.7. The molecule has 0 aromatic heterocycles. The van der Waals surface area contributed by atoms with Crippen LogP contribution in [0.2, 0.25) is 0 Å². The molecular formula is C14H19F2N3O. The Morgan fingerprint density at radius 2 is 1.80 bits per heavy atom. The molecule has 1 heterocycles. The van der Waals surface area contributed by atoms with Gasteiger partial charge in [-0.25, -0.2) is 8.78 Å². The zero-order chi connectivity index (χ0) is 14.9. The van der Waals surface area contributed by atoms with E-state index in [2.05, 4.69) is 0 Å². The summed E-state index contributed by atoms with van der Waals surface area (Å²) in [6.07, 6.45) is 0. The monoisotopic (exact) mass is 283 g/mol. The molecule has 110 valence electrons. The standard InChI is InChI=1S/C14H19F2N3O/c1-14(2,17)13(20)19-7-5-18(6-8-19)12-9-10(15)3-4-11(12)16/h3-4,9H,5-8,17H2,1-2H3. The lowest BCUT2D eigenvalue weighted by Crippen LogP contribution is -2.57. The lowest BCUT2D eigenvalue weighted by molar-refractivity contribution is -0.136. The van der Waals surface area contributed by atoms with Crippen molar-refractivity contribution >= 4 is 11.6 Å². The van der Waals surface area contributed by atoms with Crippen molar-refractivity contribution in [3.8, 4) is 0 Å². The van der Waals surface area contributed by atoms with Gasteiger partial charge < -0.3 is 15.5 Å². The molecule has 1 saturated heterocycles. The van der Waals surface area contributed by atoms with Gasteiger partial charge >= 0.3 is 0 Å². The van der Waals surface area contributed by atoms with Gasteiger partial charge in [-0.3, -0.25) is 4.79 Å². The molecule has 0 saturated carbocycles. The number of benzene rings is 1. The van der Waals surface area contributed by atoms with Crippen LogP contribution in [0.25, 0.3) is 0 Å². The fourth-order valence-electron chi connectivity index (χ4n) is 2.29. The van der Waals surface area contributed by atoms with Crippen molar-refractivity contribution in [3.05, 3.63) is 29.8 Å². The van der Waals surface area contributed by atoms with Crippen LogP contribution in [0.1, 0.15) is 13.8 Å². The Kier molecular flexibility index (Phi) is 3.94. The Labute approximate surface area is 117 Å². The first kappa shape index (κ1) is 14.7. The number of carbonyl (C=O) groups excluding carboxylic acids is 1. The summed E-state index contributed by atoms with van der Waals surface area (Å²) in [7, 11) is 0. The molecular weight excluding hydrogens is 264 g/mol. The van der Waals surface area contributed by atoms with Crippen LogP contribution < -0.4 is 10.6 Å². The number of amides is 1. The molecule has 4 nitrogen and oxygen atoms in total. The summed E-state index contributed by atoms with van der Waals surface area (Å²) in [5.41, 5.74) is 5.11. The van der Waals surface area contributed by atoms with Gasteiger partial charge in [0.05, 0.1) is 11.2 Å². The molecule has 0 spiro atoms. The van der Waals surface area contributed by atoms with Gasteiger partial charge in [0.25, 0.3) is 0 Å². The van der Waals surface area contributed by atoms with Crippen molar-refractivity contribution in [1.82, 2.24) is 4.90 Å². The summed E-state index contributed by atoms with van der Waals surface area (Å²) in [6.45, 7) is 5.15. The largest absolute Gasteiger partial charge is 0.366 e. The number of rotatable bonds is 2. The molecule has 0 atom stereocenters. The van der Waals surface area contributed by atoms with Crippen LogP contribution in [0.4, 0.5) is 14.5 Å². The van der Waals surface area contributed by atoms with Crippen molar-refractivity contribution in [2.45, 2.75) is 19.4 Å². The smallest absolute Gasteiger partial charge is 0.242 e. The topological polar surface area (TPSA) is 49.6 Å². The molecule has 0 unspecified atom stereocenters. The predicted octanol–water partition coefficient (Wildman–Crippen LogP) is 1.35. The van der Waals surface area contributed by atoms with E-state index in [9.17, 15) is 13.6 Å². The summed E-state index contributed by atoms with van der Waals surface area (Å²) < 4.78 is 26.9. The lowest BCUT2D eigenvalue weighted by Gasteiger charge is -2.38. The first-order valence-electron chi connectivity index (χ1n) is 6.57. The van der Waals surface area contributed by atoms with E-state index >= 15 is 0 Å². The summed E-state index contributed by atoms with van der Waals surface area (Å²) in [5, 5.41) is 0. The Bertz CT molecular complexity index is 506. The molecule has 1 aliphatic rings. The van der Waals surface area contributed by atoms with E-state index in [1.807, 2.05) is 0 Å². The molecule has 1 aromatic carbocycles. The molecule has 20 heavy (non-hydrogen) atoms. The van der Waals surface area contributed by atoms with Gasteiger partial charge in [-0.1, -0.05) is 0 Å². The van der Waals surface area contributed by atoms with E-state index < -0.39 is 17.2 Å². The van der Waals surface area contributed by atoms with E-state index in [0.29, 0.717) is 26.2 Å². The molecule has 0 radical (unpaired) electrons. The third kappa shape index (κ3) is 3.07. The van der Waals surface area contributed by atoms with E-state index in [0.717, 1.165) is 12.1 Å². The third-order valence-corrected chi connectivity index (χ3v) is 3.37. The zero-order valence-corrected chi connectivity index (χ0v) is 11.7. The number of hydrogen-bond donors (Lipinski definition) is 1. The number of piperazine rings is 1. The highest BCUT2D eigenvalue weighted by Crippen LogP contribution is 2.22. The molecule has 1 aromatic rings. The minimum Gasteiger partial charge on any atom is -0.366 e. The van der Waals surface area contributed by atoms with Crippen LogP contribution in [0, 0.1) is 11.6 Å². The highest BCUT2D eigenvalue weighted by atomic mass is 19.1. The van der Waals surface area contributed by atoms with E-state index in [1.54, 1.807) is 23.6 Å². The minimum absolute atomic E-state index is 0.128. The van der Waals surface area contributed by atoms with Gasteiger partial charge in [-0.15, -0.1) is 0 Å². The molecule has 1 amide bonds. The van der Waals surface area contributed by atoms with Crippen molar-refractivity contribution in [2.24, 2.45) is 5.73 Å². The second kappa shape index (κ2) is 5.36. The van der Waals surface area contributed by atoms with Gasteiger partial charge in [0, 0.05) is 32.2 Å². The second-order valence-corrected chi connectivity index (χ2v) is 5.60. The van der Waals surface area contributed by atoms with Crippen LogP contribution in [0.15, 0.2) is 18.2 Å². The number of halogens is 2. The van der Waals surface area contributed by atoms with Gasteiger partial charge in [0.2, 0.25) is 5.91 Å². The molecule has 0 aliphatic carbocycles. The Balaban J connectivity index is 2.05. The third-order valence-electron chi connectivity index (χ3n) is 3.37. The first-order chi connectivity index (χ1) is 9.29. The average molecular weight is 283 g/mol. The van der Waals surface area contributed by atoms with Crippen LogP contribution in [0.5, 0.6) is 0 Å². The minimum atomic E-state index is -0.910. The number of nitrogens with two attached hydrogens (primary N) is 1.